The van der Waals surface area contributed by atoms with Gasteiger partial charge in [-0.15, -0.1) is 0 Å². The van der Waals surface area contributed by atoms with Gasteiger partial charge in [0.1, 0.15) is 11.5 Å². The molecule has 17 heavy (non-hydrogen) atoms. The van der Waals surface area contributed by atoms with Crippen molar-refractivity contribution in [2.24, 2.45) is 0 Å². The van der Waals surface area contributed by atoms with Gasteiger partial charge in [0.15, 0.2) is 0 Å². The quantitative estimate of drug-likeness (QED) is 0.697. The average Bonchev–Trinajstić information content (AvgIpc) is 2.32. The topological polar surface area (TPSA) is 26.3 Å². The first kappa shape index (κ1) is 15.7. The number of ether oxygens (including phenoxy) is 1. The fourth-order valence-corrected chi connectivity index (χ4v) is 1.37. The lowest BCUT2D eigenvalue weighted by molar-refractivity contribution is -0.116. The zero-order valence-electron chi connectivity index (χ0n) is 11.5. The Kier molecular flexibility index (Phi) is 9.12. The summed E-state index contributed by atoms with van der Waals surface area (Å²) in [6, 6.07) is 7.75. The van der Waals surface area contributed by atoms with E-state index in [-0.39, 0.29) is 5.78 Å². The third-order valence-electron chi connectivity index (χ3n) is 2.12. The lowest BCUT2D eigenvalue weighted by atomic mass is 10.1. The minimum atomic E-state index is 0.181. The van der Waals surface area contributed by atoms with Crippen LogP contribution in [-0.4, -0.2) is 12.4 Å². The third-order valence-corrected chi connectivity index (χ3v) is 2.12. The van der Waals surface area contributed by atoms with Crippen molar-refractivity contribution in [3.63, 3.8) is 0 Å². The Bertz CT molecular complexity index is 318. The Morgan fingerprint density at radius 3 is 2.59 bits per heavy atom. The predicted molar refractivity (Wildman–Crippen MR) is 72.6 cm³/mol. The van der Waals surface area contributed by atoms with Gasteiger partial charge >= 0.3 is 0 Å². The summed E-state index contributed by atoms with van der Waals surface area (Å²) in [5, 5.41) is 0. The van der Waals surface area contributed by atoms with Crippen molar-refractivity contribution in [2.45, 2.75) is 47.0 Å². The Labute approximate surface area is 105 Å². The van der Waals surface area contributed by atoms with Crippen molar-refractivity contribution in [3.05, 3.63) is 29.8 Å². The molecule has 0 radical (unpaired) electrons. The van der Waals surface area contributed by atoms with Crippen LogP contribution in [0.3, 0.4) is 0 Å². The van der Waals surface area contributed by atoms with Crippen molar-refractivity contribution >= 4 is 5.78 Å². The largest absolute Gasteiger partial charge is 0.494 e. The van der Waals surface area contributed by atoms with Crippen LogP contribution in [0.15, 0.2) is 24.3 Å². The van der Waals surface area contributed by atoms with Gasteiger partial charge in [0, 0.05) is 6.42 Å². The lowest BCUT2D eigenvalue weighted by Gasteiger charge is -2.06. The van der Waals surface area contributed by atoms with Gasteiger partial charge in [-0.1, -0.05) is 39.3 Å². The van der Waals surface area contributed by atoms with Crippen LogP contribution in [0.25, 0.3) is 0 Å². The van der Waals surface area contributed by atoms with Gasteiger partial charge in [-0.25, -0.2) is 0 Å². The molecule has 0 bridgehead atoms. The van der Waals surface area contributed by atoms with E-state index >= 15 is 0 Å². The molecule has 1 rings (SSSR count). The molecule has 0 aliphatic rings. The molecule has 96 valence electrons. The summed E-state index contributed by atoms with van der Waals surface area (Å²) >= 11 is 0. The highest BCUT2D eigenvalue weighted by atomic mass is 16.5. The molecule has 0 heterocycles. The van der Waals surface area contributed by atoms with E-state index in [4.69, 9.17) is 4.74 Å². The van der Waals surface area contributed by atoms with E-state index in [0.717, 1.165) is 30.8 Å². The highest BCUT2D eigenvalue weighted by molar-refractivity contribution is 5.78. The molecule has 1 aromatic carbocycles. The first-order chi connectivity index (χ1) is 8.22. The number of ketones is 1. The maximum absolute atomic E-state index is 10.9. The second-order valence-electron chi connectivity index (χ2n) is 3.73. The molecule has 2 nitrogen and oxygen atoms in total. The van der Waals surface area contributed by atoms with Crippen LogP contribution in [0.5, 0.6) is 5.75 Å². The fourth-order valence-electron chi connectivity index (χ4n) is 1.37. The van der Waals surface area contributed by atoms with E-state index < -0.39 is 0 Å². The van der Waals surface area contributed by atoms with Gasteiger partial charge in [0.05, 0.1) is 6.61 Å². The van der Waals surface area contributed by atoms with Crippen LogP contribution in [-0.2, 0) is 11.2 Å². The summed E-state index contributed by atoms with van der Waals surface area (Å²) in [7, 11) is 0. The Hall–Kier alpha value is -1.31. The molecule has 0 spiro atoms. The summed E-state index contributed by atoms with van der Waals surface area (Å²) in [6.45, 7) is 8.49. The molecular formula is C15H24O2. The van der Waals surface area contributed by atoms with Crippen molar-refractivity contribution in [2.75, 3.05) is 6.61 Å². The fraction of sp³-hybridized carbons (Fsp3) is 0.533. The van der Waals surface area contributed by atoms with Crippen molar-refractivity contribution < 1.29 is 9.53 Å². The van der Waals surface area contributed by atoms with Crippen LogP contribution >= 0.6 is 0 Å². The van der Waals surface area contributed by atoms with Crippen LogP contribution in [0.4, 0.5) is 0 Å². The highest BCUT2D eigenvalue weighted by Crippen LogP contribution is 2.14. The molecule has 2 heteroatoms. The van der Waals surface area contributed by atoms with Gasteiger partial charge in [-0.05, 0) is 31.0 Å². The van der Waals surface area contributed by atoms with E-state index in [2.05, 4.69) is 6.92 Å². The number of Topliss-reactive ketones (excluding diaryl/α,β-unsaturated/α-hetero) is 1. The van der Waals surface area contributed by atoms with Crippen LogP contribution < -0.4 is 4.74 Å². The number of hydrogen-bond acceptors (Lipinski definition) is 2. The molecule has 0 aliphatic heterocycles. The Balaban J connectivity index is 0.00000121. The molecule has 0 saturated carbocycles. The maximum Gasteiger partial charge on any atom is 0.134 e. The Morgan fingerprint density at radius 1 is 1.29 bits per heavy atom. The van der Waals surface area contributed by atoms with Crippen LogP contribution in [0, 0.1) is 0 Å². The molecular weight excluding hydrogens is 212 g/mol. The molecule has 0 aromatic heterocycles. The molecule has 0 fully saturated rings. The average molecular weight is 236 g/mol. The number of rotatable bonds is 6. The van der Waals surface area contributed by atoms with Crippen LogP contribution in [0.2, 0.25) is 0 Å². The summed E-state index contributed by atoms with van der Waals surface area (Å²) in [5.74, 6) is 1.04. The van der Waals surface area contributed by atoms with E-state index in [9.17, 15) is 4.79 Å². The summed E-state index contributed by atoms with van der Waals surface area (Å²) < 4.78 is 5.56. The van der Waals surface area contributed by atoms with Gasteiger partial charge < -0.3 is 4.74 Å². The highest BCUT2D eigenvalue weighted by Gasteiger charge is 1.99. The SMILES string of the molecule is CC.CCCCOc1cccc(CC(C)=O)c1. The summed E-state index contributed by atoms with van der Waals surface area (Å²) in [4.78, 5) is 10.9. The molecule has 1 aromatic rings. The zero-order chi connectivity index (χ0) is 13.1. The van der Waals surface area contributed by atoms with E-state index in [1.807, 2.05) is 38.1 Å². The minimum Gasteiger partial charge on any atom is -0.494 e. The smallest absolute Gasteiger partial charge is 0.134 e. The third kappa shape index (κ3) is 7.56. The van der Waals surface area contributed by atoms with E-state index in [0.29, 0.717) is 6.42 Å². The number of carbonyl (C=O) groups is 1. The number of carbonyl (C=O) groups excluding carboxylic acids is 1. The normalized spacial score (nSPS) is 9.18. The predicted octanol–water partition coefficient (Wildman–Crippen LogP) is 4.02. The standard InChI is InChI=1S/C13H18O2.C2H6/c1-3-4-8-15-13-7-5-6-12(10-13)9-11(2)14;1-2/h5-7,10H,3-4,8-9H2,1-2H3;1-2H3. The molecule has 0 unspecified atom stereocenters. The second kappa shape index (κ2) is 9.88. The molecule has 0 N–H and O–H groups in total. The first-order valence-corrected chi connectivity index (χ1v) is 6.43. The minimum absolute atomic E-state index is 0.181. The van der Waals surface area contributed by atoms with Gasteiger partial charge in [-0.3, -0.25) is 4.79 Å². The van der Waals surface area contributed by atoms with Gasteiger partial charge in [0.2, 0.25) is 0 Å². The monoisotopic (exact) mass is 236 g/mol. The molecule has 0 aliphatic carbocycles. The summed E-state index contributed by atoms with van der Waals surface area (Å²) in [5.41, 5.74) is 1.02. The van der Waals surface area contributed by atoms with Gasteiger partial charge in [0.25, 0.3) is 0 Å². The second-order valence-corrected chi connectivity index (χ2v) is 3.73. The summed E-state index contributed by atoms with van der Waals surface area (Å²) in [6.07, 6.45) is 2.69. The van der Waals surface area contributed by atoms with Crippen LogP contribution in [0.1, 0.15) is 46.1 Å². The van der Waals surface area contributed by atoms with E-state index in [1.54, 1.807) is 6.92 Å². The molecule has 0 atom stereocenters. The van der Waals surface area contributed by atoms with Crippen molar-refractivity contribution in [1.82, 2.24) is 0 Å². The molecule has 0 amide bonds. The Morgan fingerprint density at radius 2 is 2.00 bits per heavy atom. The number of benzene rings is 1. The number of unbranched alkanes of at least 4 members (excludes halogenated alkanes) is 1. The van der Waals surface area contributed by atoms with E-state index in [1.165, 1.54) is 0 Å². The lowest BCUT2D eigenvalue weighted by Crippen LogP contribution is -1.99. The molecule has 0 saturated heterocycles. The first-order valence-electron chi connectivity index (χ1n) is 6.43. The van der Waals surface area contributed by atoms with Crippen molar-refractivity contribution in [1.29, 1.82) is 0 Å². The van der Waals surface area contributed by atoms with Gasteiger partial charge in [-0.2, -0.15) is 0 Å². The zero-order valence-corrected chi connectivity index (χ0v) is 11.5. The maximum atomic E-state index is 10.9. The van der Waals surface area contributed by atoms with Crippen molar-refractivity contribution in [3.8, 4) is 5.75 Å². The number of hydrogen-bond donors (Lipinski definition) is 0.